The topological polar surface area (TPSA) is 76.3 Å². The quantitative estimate of drug-likeness (QED) is 0.138. The van der Waals surface area contributed by atoms with E-state index in [2.05, 4.69) is 120 Å². The van der Waals surface area contributed by atoms with E-state index in [1.807, 2.05) is 66.7 Å². The van der Waals surface area contributed by atoms with Gasteiger partial charge in [0.05, 0.1) is 51.6 Å². The molecule has 4 nitrogen and oxygen atoms in total. The lowest BCUT2D eigenvalue weighted by Gasteiger charge is -2.37. The van der Waals surface area contributed by atoms with Crippen molar-refractivity contribution < 1.29 is 0 Å². The molecule has 1 aromatic heterocycles. The first-order valence-corrected chi connectivity index (χ1v) is 18.4. The van der Waals surface area contributed by atoms with E-state index in [4.69, 9.17) is 0 Å². The number of fused-ring (bicyclic) bond motifs is 3. The summed E-state index contributed by atoms with van der Waals surface area (Å²) >= 11 is 0. The number of benzene rings is 7. The highest BCUT2D eigenvalue weighted by Crippen LogP contribution is 2.37. The van der Waals surface area contributed by atoms with Crippen LogP contribution in [0.1, 0.15) is 16.7 Å². The molecular formula is C45H28N4Si. The van der Waals surface area contributed by atoms with Crippen LogP contribution >= 0.6 is 0 Å². The minimum Gasteiger partial charge on any atom is -0.309 e. The van der Waals surface area contributed by atoms with E-state index >= 15 is 0 Å². The van der Waals surface area contributed by atoms with Crippen molar-refractivity contribution in [3.8, 4) is 35.0 Å². The molecule has 8 rings (SSSR count). The Morgan fingerprint density at radius 2 is 0.960 bits per heavy atom. The van der Waals surface area contributed by atoms with Crippen molar-refractivity contribution in [1.82, 2.24) is 4.57 Å². The van der Waals surface area contributed by atoms with Crippen LogP contribution in [0.2, 0.25) is 0 Å². The summed E-state index contributed by atoms with van der Waals surface area (Å²) in [6.07, 6.45) is 0. The van der Waals surface area contributed by atoms with Crippen LogP contribution in [0.5, 0.6) is 0 Å². The van der Waals surface area contributed by atoms with Crippen molar-refractivity contribution in [3.05, 3.63) is 187 Å². The Morgan fingerprint density at radius 3 is 1.56 bits per heavy atom. The predicted molar refractivity (Wildman–Crippen MR) is 204 cm³/mol. The monoisotopic (exact) mass is 652 g/mol. The van der Waals surface area contributed by atoms with Crippen LogP contribution in [0.25, 0.3) is 38.6 Å². The predicted octanol–water partition coefficient (Wildman–Crippen LogP) is 7.44. The van der Waals surface area contributed by atoms with E-state index in [-0.39, 0.29) is 0 Å². The van der Waals surface area contributed by atoms with Crippen LogP contribution in [0.15, 0.2) is 170 Å². The van der Waals surface area contributed by atoms with Crippen molar-refractivity contribution in [3.63, 3.8) is 0 Å². The van der Waals surface area contributed by atoms with E-state index < -0.39 is 8.07 Å². The Kier molecular flexibility index (Phi) is 7.63. The minimum atomic E-state index is -3.23. The molecule has 0 aliphatic rings. The molecule has 0 atom stereocenters. The Balaban J connectivity index is 1.57. The van der Waals surface area contributed by atoms with Gasteiger partial charge in [0.2, 0.25) is 0 Å². The molecule has 0 aliphatic carbocycles. The molecule has 0 spiro atoms. The molecule has 0 amide bonds. The summed E-state index contributed by atoms with van der Waals surface area (Å²) in [5.74, 6) is 0. The van der Waals surface area contributed by atoms with Crippen LogP contribution in [0, 0.1) is 34.0 Å². The molecule has 0 radical (unpaired) electrons. The fourth-order valence-electron chi connectivity index (χ4n) is 7.61. The summed E-state index contributed by atoms with van der Waals surface area (Å²) in [6.45, 7) is 0. The third kappa shape index (κ3) is 4.72. The van der Waals surface area contributed by atoms with Gasteiger partial charge in [-0.1, -0.05) is 127 Å². The van der Waals surface area contributed by atoms with E-state index in [9.17, 15) is 15.8 Å². The third-order valence-corrected chi connectivity index (χ3v) is 14.5. The van der Waals surface area contributed by atoms with Gasteiger partial charge in [-0.2, -0.15) is 15.8 Å². The lowest BCUT2D eigenvalue weighted by atomic mass is 9.98. The maximum Gasteiger partial charge on any atom is 0.181 e. The fraction of sp³-hybridized carbons (Fsp3) is 0. The van der Waals surface area contributed by atoms with Crippen LogP contribution in [-0.2, 0) is 0 Å². The second-order valence-electron chi connectivity index (χ2n) is 12.2. The van der Waals surface area contributed by atoms with Crippen molar-refractivity contribution in [1.29, 1.82) is 15.8 Å². The molecule has 0 saturated carbocycles. The van der Waals surface area contributed by atoms with Gasteiger partial charge < -0.3 is 4.57 Å². The lowest BCUT2D eigenvalue weighted by Crippen LogP contribution is -2.75. The molecule has 0 fully saturated rings. The molecule has 1 heterocycles. The smallest absolute Gasteiger partial charge is 0.181 e. The number of nitriles is 3. The highest BCUT2D eigenvalue weighted by atomic mass is 28.3. The van der Waals surface area contributed by atoms with Gasteiger partial charge >= 0.3 is 0 Å². The molecule has 8 aromatic rings. The minimum absolute atomic E-state index is 0.424. The van der Waals surface area contributed by atoms with Gasteiger partial charge in [-0.3, -0.25) is 0 Å². The van der Waals surface area contributed by atoms with Crippen LogP contribution < -0.4 is 20.7 Å². The Bertz CT molecular complexity index is 2580. The average molecular weight is 653 g/mol. The van der Waals surface area contributed by atoms with E-state index in [0.717, 1.165) is 59.4 Å². The van der Waals surface area contributed by atoms with Crippen LogP contribution in [0.3, 0.4) is 0 Å². The average Bonchev–Trinajstić information content (AvgIpc) is 3.52. The van der Waals surface area contributed by atoms with E-state index in [1.54, 1.807) is 6.07 Å². The maximum atomic E-state index is 11.0. The first kappa shape index (κ1) is 30.4. The van der Waals surface area contributed by atoms with Crippen molar-refractivity contribution in [2.75, 3.05) is 0 Å². The van der Waals surface area contributed by atoms with Gasteiger partial charge in [-0.05, 0) is 68.8 Å². The number of nitrogens with zero attached hydrogens (tertiary/aromatic N) is 4. The first-order valence-electron chi connectivity index (χ1n) is 16.4. The zero-order valence-electron chi connectivity index (χ0n) is 27.0. The Morgan fingerprint density at radius 1 is 0.420 bits per heavy atom. The number of aromatic nitrogens is 1. The molecule has 0 unspecified atom stereocenters. The van der Waals surface area contributed by atoms with Gasteiger partial charge in [0, 0.05) is 16.3 Å². The molecule has 0 bridgehead atoms. The number of hydrogen-bond acceptors (Lipinski definition) is 3. The zero-order chi connectivity index (χ0) is 34.1. The molecule has 0 aliphatic heterocycles. The lowest BCUT2D eigenvalue weighted by molar-refractivity contribution is 1.18. The fourth-order valence-corrected chi connectivity index (χ4v) is 12.7. The summed E-state index contributed by atoms with van der Waals surface area (Å²) in [5.41, 5.74) is 6.14. The van der Waals surface area contributed by atoms with Gasteiger partial charge in [0.15, 0.2) is 8.07 Å². The SMILES string of the molecule is N#Cc1cc(C#N)c([Si](c2ccccc2)(c2ccccc2)c2ccccc2)c(-c2ccccc2-n2c3ccccc3c3cc(C#N)ccc32)c1. The van der Waals surface area contributed by atoms with Gasteiger partial charge in [-0.15, -0.1) is 0 Å². The van der Waals surface area contributed by atoms with Crippen molar-refractivity contribution in [2.45, 2.75) is 0 Å². The van der Waals surface area contributed by atoms with Crippen molar-refractivity contribution >= 4 is 50.6 Å². The summed E-state index contributed by atoms with van der Waals surface area (Å²) in [4.78, 5) is 0. The summed E-state index contributed by atoms with van der Waals surface area (Å²) < 4.78 is 2.24. The van der Waals surface area contributed by atoms with Gasteiger partial charge in [0.25, 0.3) is 0 Å². The van der Waals surface area contributed by atoms with E-state index in [0.29, 0.717) is 16.7 Å². The van der Waals surface area contributed by atoms with Crippen LogP contribution in [0.4, 0.5) is 0 Å². The second kappa shape index (κ2) is 12.6. The Hall–Kier alpha value is -6.97. The van der Waals surface area contributed by atoms with Crippen molar-refractivity contribution in [2.24, 2.45) is 0 Å². The molecule has 0 saturated heterocycles. The molecular weight excluding hydrogens is 625 g/mol. The normalized spacial score (nSPS) is 11.1. The molecule has 50 heavy (non-hydrogen) atoms. The molecule has 5 heteroatoms. The Labute approximate surface area is 291 Å². The first-order chi connectivity index (χ1) is 24.7. The third-order valence-electron chi connectivity index (χ3n) is 9.62. The van der Waals surface area contributed by atoms with E-state index in [1.165, 1.54) is 0 Å². The van der Waals surface area contributed by atoms with Crippen LogP contribution in [-0.4, -0.2) is 12.6 Å². The summed E-state index contributed by atoms with van der Waals surface area (Å²) in [6, 6.07) is 64.8. The maximum absolute atomic E-state index is 11.0. The highest BCUT2D eigenvalue weighted by molar-refractivity contribution is 7.20. The van der Waals surface area contributed by atoms with Gasteiger partial charge in [-0.25, -0.2) is 0 Å². The standard InChI is InChI=1S/C45H28N4Si/c46-29-32-24-25-44-40(27-32)38-20-10-12-22-42(38)49(44)43-23-13-11-21-39(43)41-28-33(30-47)26-34(31-48)45(41)50(35-14-4-1-5-15-35,36-16-6-2-7-17-36)37-18-8-3-9-19-37/h1-28H. The largest absolute Gasteiger partial charge is 0.309 e. The molecule has 7 aromatic carbocycles. The summed E-state index contributed by atoms with van der Waals surface area (Å²) in [7, 11) is -3.23. The number of rotatable bonds is 6. The summed E-state index contributed by atoms with van der Waals surface area (Å²) in [5, 5.41) is 37.5. The van der Waals surface area contributed by atoms with Gasteiger partial charge in [0.1, 0.15) is 0 Å². The molecule has 0 N–H and O–H groups in total. The second-order valence-corrected chi connectivity index (χ2v) is 16.0. The zero-order valence-corrected chi connectivity index (χ0v) is 28.0. The number of hydrogen-bond donors (Lipinski definition) is 0. The highest BCUT2D eigenvalue weighted by Gasteiger charge is 2.45. The number of para-hydroxylation sites is 2. The molecule has 232 valence electrons.